The number of anilines is 1. The number of ether oxygens (including phenoxy) is 2. The highest BCUT2D eigenvalue weighted by atomic mass is 19.4. The zero-order valence-corrected chi connectivity index (χ0v) is 9.39. The molecular weight excluding hydrogens is 258 g/mol. The standard InChI is InChI=1S/C10H9F4NO3/c1-5-3-6(11)7(15-9(16)17-2)4-8(5)18-10(12,13)14/h3-4H,1-2H3,(H,15,16). The first-order valence-electron chi connectivity index (χ1n) is 4.64. The van der Waals surface area contributed by atoms with Crippen LogP contribution in [-0.2, 0) is 4.74 Å². The maximum Gasteiger partial charge on any atom is 0.573 e. The molecule has 4 nitrogen and oxygen atoms in total. The molecule has 0 atom stereocenters. The lowest BCUT2D eigenvalue weighted by molar-refractivity contribution is -0.274. The zero-order chi connectivity index (χ0) is 13.9. The Balaban J connectivity index is 3.06. The van der Waals surface area contributed by atoms with Crippen molar-refractivity contribution in [2.45, 2.75) is 13.3 Å². The molecule has 0 spiro atoms. The molecule has 100 valence electrons. The van der Waals surface area contributed by atoms with Gasteiger partial charge in [0.1, 0.15) is 11.6 Å². The number of benzene rings is 1. The fraction of sp³-hybridized carbons (Fsp3) is 0.300. The van der Waals surface area contributed by atoms with E-state index < -0.39 is 29.7 Å². The summed E-state index contributed by atoms with van der Waals surface area (Å²) >= 11 is 0. The fourth-order valence-electron chi connectivity index (χ4n) is 1.14. The van der Waals surface area contributed by atoms with E-state index in [2.05, 4.69) is 9.47 Å². The maximum atomic E-state index is 13.4. The van der Waals surface area contributed by atoms with E-state index in [1.54, 1.807) is 0 Å². The van der Waals surface area contributed by atoms with Crippen molar-refractivity contribution in [3.63, 3.8) is 0 Å². The monoisotopic (exact) mass is 267 g/mol. The van der Waals surface area contributed by atoms with Crippen molar-refractivity contribution in [3.8, 4) is 5.75 Å². The van der Waals surface area contributed by atoms with Crippen LogP contribution in [0.3, 0.4) is 0 Å². The van der Waals surface area contributed by atoms with E-state index in [4.69, 9.17) is 0 Å². The second-order valence-corrected chi connectivity index (χ2v) is 3.26. The molecule has 1 amide bonds. The van der Waals surface area contributed by atoms with E-state index in [9.17, 15) is 22.4 Å². The lowest BCUT2D eigenvalue weighted by Gasteiger charge is -2.13. The molecule has 1 rings (SSSR count). The summed E-state index contributed by atoms with van der Waals surface area (Å²) in [6.07, 6.45) is -5.90. The number of hydrogen-bond donors (Lipinski definition) is 1. The van der Waals surface area contributed by atoms with Gasteiger partial charge in [-0.15, -0.1) is 13.2 Å². The third-order valence-electron chi connectivity index (χ3n) is 1.91. The topological polar surface area (TPSA) is 47.6 Å². The van der Waals surface area contributed by atoms with Crippen molar-refractivity contribution >= 4 is 11.8 Å². The van der Waals surface area contributed by atoms with Crippen molar-refractivity contribution < 1.29 is 31.8 Å². The van der Waals surface area contributed by atoms with Gasteiger partial charge in [0.05, 0.1) is 12.8 Å². The summed E-state index contributed by atoms with van der Waals surface area (Å²) < 4.78 is 57.4. The van der Waals surface area contributed by atoms with Crippen LogP contribution in [0.25, 0.3) is 0 Å². The van der Waals surface area contributed by atoms with E-state index in [0.717, 1.165) is 19.2 Å². The fourth-order valence-corrected chi connectivity index (χ4v) is 1.14. The summed E-state index contributed by atoms with van der Waals surface area (Å²) in [6, 6.07) is 1.54. The number of carbonyl (C=O) groups is 1. The molecule has 0 aliphatic rings. The van der Waals surface area contributed by atoms with Gasteiger partial charge in [0.25, 0.3) is 0 Å². The number of halogens is 4. The van der Waals surface area contributed by atoms with Crippen LogP contribution in [0, 0.1) is 12.7 Å². The summed E-state index contributed by atoms with van der Waals surface area (Å²) in [7, 11) is 1.04. The molecule has 0 aliphatic carbocycles. The molecule has 0 saturated heterocycles. The van der Waals surface area contributed by atoms with Gasteiger partial charge in [0, 0.05) is 6.07 Å². The minimum atomic E-state index is -4.90. The average Bonchev–Trinajstić information content (AvgIpc) is 2.23. The molecule has 0 aromatic heterocycles. The minimum Gasteiger partial charge on any atom is -0.453 e. The summed E-state index contributed by atoms with van der Waals surface area (Å²) in [5.74, 6) is -1.50. The Kier molecular flexibility index (Phi) is 4.00. The van der Waals surface area contributed by atoms with E-state index in [-0.39, 0.29) is 5.56 Å². The molecule has 1 aromatic carbocycles. The third kappa shape index (κ3) is 3.79. The van der Waals surface area contributed by atoms with Crippen molar-refractivity contribution in [2.75, 3.05) is 12.4 Å². The molecule has 0 heterocycles. The molecule has 1 aromatic rings. The Morgan fingerprint density at radius 2 is 1.94 bits per heavy atom. The van der Waals surface area contributed by atoms with E-state index >= 15 is 0 Å². The normalized spacial score (nSPS) is 11.0. The highest BCUT2D eigenvalue weighted by Crippen LogP contribution is 2.30. The average molecular weight is 267 g/mol. The molecule has 0 radical (unpaired) electrons. The Bertz CT molecular complexity index is 459. The van der Waals surface area contributed by atoms with Gasteiger partial charge in [-0.2, -0.15) is 0 Å². The number of aryl methyl sites for hydroxylation is 1. The number of carbonyl (C=O) groups excluding carboxylic acids is 1. The van der Waals surface area contributed by atoms with Crippen molar-refractivity contribution in [3.05, 3.63) is 23.5 Å². The Morgan fingerprint density at radius 1 is 1.33 bits per heavy atom. The van der Waals surface area contributed by atoms with E-state index in [1.807, 2.05) is 5.32 Å². The largest absolute Gasteiger partial charge is 0.573 e. The second-order valence-electron chi connectivity index (χ2n) is 3.26. The van der Waals surface area contributed by atoms with Crippen LogP contribution in [0.5, 0.6) is 5.75 Å². The minimum absolute atomic E-state index is 0.0553. The zero-order valence-electron chi connectivity index (χ0n) is 9.39. The molecule has 8 heteroatoms. The predicted molar refractivity (Wildman–Crippen MR) is 53.8 cm³/mol. The van der Waals surface area contributed by atoms with Crippen LogP contribution >= 0.6 is 0 Å². The molecule has 0 bridgehead atoms. The van der Waals surface area contributed by atoms with Crippen molar-refractivity contribution in [1.29, 1.82) is 0 Å². The summed E-state index contributed by atoms with van der Waals surface area (Å²) in [5.41, 5.74) is -0.521. The van der Waals surface area contributed by atoms with Gasteiger partial charge in [0.15, 0.2) is 0 Å². The predicted octanol–water partition coefficient (Wildman–Crippen LogP) is 3.21. The van der Waals surface area contributed by atoms with Gasteiger partial charge < -0.3 is 9.47 Å². The lowest BCUT2D eigenvalue weighted by Crippen LogP contribution is -2.18. The maximum absolute atomic E-state index is 13.4. The highest BCUT2D eigenvalue weighted by molar-refractivity contribution is 5.85. The Hall–Kier alpha value is -1.99. The Morgan fingerprint density at radius 3 is 2.44 bits per heavy atom. The first-order valence-corrected chi connectivity index (χ1v) is 4.64. The molecule has 0 unspecified atom stereocenters. The second kappa shape index (κ2) is 5.11. The van der Waals surface area contributed by atoms with Gasteiger partial charge in [-0.25, -0.2) is 9.18 Å². The van der Waals surface area contributed by atoms with Crippen LogP contribution in [0.4, 0.5) is 28.0 Å². The number of amides is 1. The molecule has 0 fully saturated rings. The number of alkyl halides is 3. The third-order valence-corrected chi connectivity index (χ3v) is 1.91. The van der Waals surface area contributed by atoms with Gasteiger partial charge in [0.2, 0.25) is 0 Å². The summed E-state index contributed by atoms with van der Waals surface area (Å²) in [4.78, 5) is 10.9. The summed E-state index contributed by atoms with van der Waals surface area (Å²) in [6.45, 7) is 1.24. The molecule has 0 saturated carbocycles. The molecule has 18 heavy (non-hydrogen) atoms. The van der Waals surface area contributed by atoms with Crippen LogP contribution in [0.15, 0.2) is 12.1 Å². The van der Waals surface area contributed by atoms with Gasteiger partial charge >= 0.3 is 12.5 Å². The van der Waals surface area contributed by atoms with Crippen molar-refractivity contribution in [2.24, 2.45) is 0 Å². The number of rotatable bonds is 2. The highest BCUT2D eigenvalue weighted by Gasteiger charge is 2.32. The number of hydrogen-bond acceptors (Lipinski definition) is 3. The SMILES string of the molecule is COC(=O)Nc1cc(OC(F)(F)F)c(C)cc1F. The van der Waals surface area contributed by atoms with Crippen LogP contribution < -0.4 is 10.1 Å². The Labute approximate surface area is 99.5 Å². The molecule has 0 aliphatic heterocycles. The summed E-state index contributed by atoms with van der Waals surface area (Å²) in [5, 5.41) is 1.93. The van der Waals surface area contributed by atoms with Gasteiger partial charge in [-0.3, -0.25) is 5.32 Å². The van der Waals surface area contributed by atoms with E-state index in [1.165, 1.54) is 6.92 Å². The number of nitrogens with one attached hydrogen (secondary N) is 1. The molecule has 1 N–H and O–H groups in total. The van der Waals surface area contributed by atoms with Gasteiger partial charge in [-0.05, 0) is 18.6 Å². The van der Waals surface area contributed by atoms with Crippen molar-refractivity contribution in [1.82, 2.24) is 0 Å². The first-order chi connectivity index (χ1) is 8.23. The molecular formula is C10H9F4NO3. The van der Waals surface area contributed by atoms with Crippen LogP contribution in [0.2, 0.25) is 0 Å². The smallest absolute Gasteiger partial charge is 0.453 e. The number of methoxy groups -OCH3 is 1. The lowest BCUT2D eigenvalue weighted by atomic mass is 10.2. The quantitative estimate of drug-likeness (QED) is 0.837. The van der Waals surface area contributed by atoms with Gasteiger partial charge in [-0.1, -0.05) is 0 Å². The van der Waals surface area contributed by atoms with Crippen LogP contribution in [-0.4, -0.2) is 19.6 Å². The first kappa shape index (κ1) is 14.1. The van der Waals surface area contributed by atoms with Crippen LogP contribution in [0.1, 0.15) is 5.56 Å². The van der Waals surface area contributed by atoms with E-state index in [0.29, 0.717) is 0 Å².